The first-order valence-corrected chi connectivity index (χ1v) is 10.8. The number of aromatic nitrogens is 2. The summed E-state index contributed by atoms with van der Waals surface area (Å²) in [7, 11) is 0. The van der Waals surface area contributed by atoms with Crippen molar-refractivity contribution >= 4 is 11.8 Å². The third kappa shape index (κ3) is 5.20. The van der Waals surface area contributed by atoms with Gasteiger partial charge in [0.1, 0.15) is 0 Å². The molecule has 6 nitrogen and oxygen atoms in total. The predicted octanol–water partition coefficient (Wildman–Crippen LogP) is 3.21. The van der Waals surface area contributed by atoms with Crippen molar-refractivity contribution in [3.63, 3.8) is 0 Å². The number of nitrogens with one attached hydrogen (secondary N) is 2. The van der Waals surface area contributed by atoms with Crippen molar-refractivity contribution < 1.29 is 9.59 Å². The van der Waals surface area contributed by atoms with Crippen LogP contribution in [0.2, 0.25) is 0 Å². The number of aromatic amines is 1. The quantitative estimate of drug-likeness (QED) is 0.581. The molecular weight excluding hydrogens is 388 g/mol. The molecule has 160 valence electrons. The molecule has 1 aliphatic rings. The van der Waals surface area contributed by atoms with E-state index < -0.39 is 0 Å². The summed E-state index contributed by atoms with van der Waals surface area (Å²) in [4.78, 5) is 27.3. The Bertz CT molecular complexity index is 1040. The molecule has 2 amide bonds. The van der Waals surface area contributed by atoms with Crippen LogP contribution in [0.5, 0.6) is 0 Å². The van der Waals surface area contributed by atoms with Crippen LogP contribution >= 0.6 is 0 Å². The van der Waals surface area contributed by atoms with Gasteiger partial charge in [0.05, 0.1) is 6.42 Å². The summed E-state index contributed by atoms with van der Waals surface area (Å²) in [5.74, 6) is -0.108. The van der Waals surface area contributed by atoms with Crippen LogP contribution in [-0.4, -0.2) is 40.0 Å². The molecule has 2 N–H and O–H groups in total. The average molecular weight is 417 g/mol. The Morgan fingerprint density at radius 3 is 2.61 bits per heavy atom. The molecule has 2 heterocycles. The molecule has 0 atom stereocenters. The molecule has 6 heteroatoms. The van der Waals surface area contributed by atoms with Gasteiger partial charge in [-0.3, -0.25) is 14.7 Å². The van der Waals surface area contributed by atoms with Crippen molar-refractivity contribution in [3.8, 4) is 0 Å². The van der Waals surface area contributed by atoms with Crippen LogP contribution in [0.4, 0.5) is 0 Å². The minimum atomic E-state index is -0.182. The summed E-state index contributed by atoms with van der Waals surface area (Å²) < 4.78 is 0. The maximum absolute atomic E-state index is 12.8. The number of rotatable bonds is 7. The molecular formula is C25H28N4O2. The third-order valence-electron chi connectivity index (χ3n) is 5.75. The lowest BCUT2D eigenvalue weighted by atomic mass is 10.0. The van der Waals surface area contributed by atoms with Gasteiger partial charge in [-0.2, -0.15) is 5.10 Å². The van der Waals surface area contributed by atoms with Gasteiger partial charge in [-0.25, -0.2) is 0 Å². The number of benzene rings is 2. The highest BCUT2D eigenvalue weighted by atomic mass is 16.2. The van der Waals surface area contributed by atoms with Gasteiger partial charge in [0.2, 0.25) is 5.91 Å². The molecule has 0 bridgehead atoms. The van der Waals surface area contributed by atoms with Gasteiger partial charge in [0.25, 0.3) is 5.91 Å². The highest BCUT2D eigenvalue weighted by molar-refractivity contribution is 5.94. The molecule has 2 aromatic carbocycles. The molecule has 31 heavy (non-hydrogen) atoms. The van der Waals surface area contributed by atoms with Gasteiger partial charge in [-0.1, -0.05) is 60.2 Å². The number of amides is 2. The largest absolute Gasteiger partial charge is 0.351 e. The minimum Gasteiger partial charge on any atom is -0.351 e. The maximum atomic E-state index is 12.8. The predicted molar refractivity (Wildman–Crippen MR) is 120 cm³/mol. The molecule has 0 aliphatic carbocycles. The standard InChI is InChI=1S/C25H28N4O2/c1-18-9-11-20(12-10-18)16-23(30)29-15-13-22-21(17-29)24(28-27-22)25(31)26-14-5-8-19-6-3-2-4-7-19/h2-4,6-7,9-12H,5,8,13-17H2,1H3,(H,26,31)(H,27,28). The van der Waals surface area contributed by atoms with Crippen molar-refractivity contribution in [1.29, 1.82) is 0 Å². The van der Waals surface area contributed by atoms with Gasteiger partial charge in [0.15, 0.2) is 5.69 Å². The van der Waals surface area contributed by atoms with E-state index >= 15 is 0 Å². The smallest absolute Gasteiger partial charge is 0.272 e. The molecule has 4 rings (SSSR count). The molecule has 0 radical (unpaired) electrons. The fourth-order valence-corrected chi connectivity index (χ4v) is 3.91. The maximum Gasteiger partial charge on any atom is 0.272 e. The third-order valence-corrected chi connectivity index (χ3v) is 5.75. The monoisotopic (exact) mass is 416 g/mol. The Labute approximate surface area is 182 Å². The lowest BCUT2D eigenvalue weighted by molar-refractivity contribution is -0.131. The van der Waals surface area contributed by atoms with E-state index in [0.29, 0.717) is 38.2 Å². The molecule has 0 unspecified atom stereocenters. The van der Waals surface area contributed by atoms with E-state index in [9.17, 15) is 9.59 Å². The zero-order valence-corrected chi connectivity index (χ0v) is 17.9. The van der Waals surface area contributed by atoms with E-state index in [1.165, 1.54) is 11.1 Å². The van der Waals surface area contributed by atoms with Crippen molar-refractivity contribution in [3.05, 3.63) is 88.2 Å². The number of carbonyl (C=O) groups excluding carboxylic acids is 2. The zero-order valence-electron chi connectivity index (χ0n) is 17.9. The average Bonchev–Trinajstić information content (AvgIpc) is 3.22. The number of hydrogen-bond donors (Lipinski definition) is 2. The summed E-state index contributed by atoms with van der Waals surface area (Å²) >= 11 is 0. The Morgan fingerprint density at radius 1 is 1.06 bits per heavy atom. The second-order valence-electron chi connectivity index (χ2n) is 8.10. The number of nitrogens with zero attached hydrogens (tertiary/aromatic N) is 2. The molecule has 3 aromatic rings. The van der Waals surface area contributed by atoms with Crippen molar-refractivity contribution in [2.45, 2.75) is 39.2 Å². The van der Waals surface area contributed by atoms with Crippen LogP contribution in [0.25, 0.3) is 0 Å². The zero-order chi connectivity index (χ0) is 21.6. The first-order chi connectivity index (χ1) is 15.1. The highest BCUT2D eigenvalue weighted by Gasteiger charge is 2.27. The van der Waals surface area contributed by atoms with E-state index in [4.69, 9.17) is 0 Å². The van der Waals surface area contributed by atoms with Gasteiger partial charge in [-0.15, -0.1) is 0 Å². The fraction of sp³-hybridized carbons (Fsp3) is 0.320. The summed E-state index contributed by atoms with van der Waals surface area (Å²) in [6, 6.07) is 18.3. The summed E-state index contributed by atoms with van der Waals surface area (Å²) in [6.07, 6.45) is 2.84. The van der Waals surface area contributed by atoms with Crippen LogP contribution in [-0.2, 0) is 30.6 Å². The van der Waals surface area contributed by atoms with Crippen LogP contribution in [0.15, 0.2) is 54.6 Å². The van der Waals surface area contributed by atoms with Gasteiger partial charge in [0, 0.05) is 37.3 Å². The Kier molecular flexibility index (Phi) is 6.46. The van der Waals surface area contributed by atoms with Crippen molar-refractivity contribution in [1.82, 2.24) is 20.4 Å². The molecule has 0 fully saturated rings. The van der Waals surface area contributed by atoms with E-state index in [-0.39, 0.29) is 11.8 Å². The number of H-pyrrole nitrogens is 1. The lowest BCUT2D eigenvalue weighted by Crippen LogP contribution is -2.37. The van der Waals surface area contributed by atoms with Gasteiger partial charge < -0.3 is 10.2 Å². The van der Waals surface area contributed by atoms with E-state index in [1.807, 2.05) is 54.3 Å². The number of fused-ring (bicyclic) bond motifs is 1. The van der Waals surface area contributed by atoms with E-state index in [1.54, 1.807) is 0 Å². The Morgan fingerprint density at radius 2 is 1.84 bits per heavy atom. The summed E-state index contributed by atoms with van der Waals surface area (Å²) in [5.41, 5.74) is 5.64. The number of hydrogen-bond acceptors (Lipinski definition) is 3. The second kappa shape index (κ2) is 9.60. The Balaban J connectivity index is 1.33. The lowest BCUT2D eigenvalue weighted by Gasteiger charge is -2.27. The SMILES string of the molecule is Cc1ccc(CC(=O)N2CCc3[nH]nc(C(=O)NCCCc4ccccc4)c3C2)cc1. The normalized spacial score (nSPS) is 13.0. The van der Waals surface area contributed by atoms with Crippen LogP contribution in [0.1, 0.15) is 44.9 Å². The topological polar surface area (TPSA) is 78.1 Å². The molecule has 0 spiro atoms. The first kappa shape index (κ1) is 20.8. The number of aryl methyl sites for hydroxylation is 2. The molecule has 0 saturated carbocycles. The Hall–Kier alpha value is -3.41. The fourth-order valence-electron chi connectivity index (χ4n) is 3.91. The van der Waals surface area contributed by atoms with Crippen LogP contribution in [0, 0.1) is 6.92 Å². The molecule has 1 aliphatic heterocycles. The number of carbonyl (C=O) groups is 2. The first-order valence-electron chi connectivity index (χ1n) is 10.8. The van der Waals surface area contributed by atoms with Crippen LogP contribution < -0.4 is 5.32 Å². The highest BCUT2D eigenvalue weighted by Crippen LogP contribution is 2.21. The van der Waals surface area contributed by atoms with Crippen molar-refractivity contribution in [2.75, 3.05) is 13.1 Å². The van der Waals surface area contributed by atoms with E-state index in [0.717, 1.165) is 29.7 Å². The van der Waals surface area contributed by atoms with Gasteiger partial charge in [-0.05, 0) is 30.9 Å². The molecule has 1 aromatic heterocycles. The van der Waals surface area contributed by atoms with Crippen LogP contribution in [0.3, 0.4) is 0 Å². The van der Waals surface area contributed by atoms with E-state index in [2.05, 4.69) is 27.6 Å². The summed E-state index contributed by atoms with van der Waals surface area (Å²) in [6.45, 7) is 3.68. The minimum absolute atomic E-state index is 0.0740. The molecule has 0 saturated heterocycles. The second-order valence-corrected chi connectivity index (χ2v) is 8.10. The van der Waals surface area contributed by atoms with Gasteiger partial charge >= 0.3 is 0 Å². The van der Waals surface area contributed by atoms with Crippen molar-refractivity contribution in [2.24, 2.45) is 0 Å². The summed E-state index contributed by atoms with van der Waals surface area (Å²) in [5, 5.41) is 10.2.